The summed E-state index contributed by atoms with van der Waals surface area (Å²) in [6.45, 7) is 1.65. The number of hydrogen-bond donors (Lipinski definition) is 3. The summed E-state index contributed by atoms with van der Waals surface area (Å²) in [5.41, 5.74) is 7.73. The molecule has 0 saturated heterocycles. The maximum Gasteiger partial charge on any atom is 0.268 e. The molecule has 5 rings (SSSR count). The molecule has 40 heavy (non-hydrogen) atoms. The first-order valence-electron chi connectivity index (χ1n) is 13.6. The van der Waals surface area contributed by atoms with Gasteiger partial charge in [-0.25, -0.2) is 4.39 Å². The van der Waals surface area contributed by atoms with Gasteiger partial charge < -0.3 is 21.1 Å². The zero-order chi connectivity index (χ0) is 28.2. The van der Waals surface area contributed by atoms with Crippen LogP contribution in [0.25, 0.3) is 0 Å². The van der Waals surface area contributed by atoms with E-state index >= 15 is 0 Å². The number of nitrogens with two attached hydrogens (primary N) is 1. The molecule has 1 heterocycles. The normalized spacial score (nSPS) is 21.4. The summed E-state index contributed by atoms with van der Waals surface area (Å²) < 4.78 is 19.7. The van der Waals surface area contributed by atoms with E-state index in [1.807, 2.05) is 18.2 Å². The molecule has 2 atom stereocenters. The highest BCUT2D eigenvalue weighted by Crippen LogP contribution is 2.39. The van der Waals surface area contributed by atoms with Crippen molar-refractivity contribution in [2.75, 3.05) is 10.2 Å². The first-order valence-corrected chi connectivity index (χ1v) is 13.6. The second-order valence-corrected chi connectivity index (χ2v) is 10.4. The molecular formula is C31H33FN4O4. The van der Waals surface area contributed by atoms with Crippen LogP contribution in [0, 0.1) is 5.82 Å². The minimum absolute atomic E-state index is 0.0395. The van der Waals surface area contributed by atoms with Gasteiger partial charge in [0.05, 0.1) is 23.8 Å². The lowest BCUT2D eigenvalue weighted by Gasteiger charge is -2.33. The van der Waals surface area contributed by atoms with Gasteiger partial charge in [0, 0.05) is 17.6 Å². The number of carbonyl (C=O) groups is 3. The molecule has 0 bridgehead atoms. The van der Waals surface area contributed by atoms with Gasteiger partial charge in [0.15, 0.2) is 6.10 Å². The molecule has 208 valence electrons. The summed E-state index contributed by atoms with van der Waals surface area (Å²) >= 11 is 0. The van der Waals surface area contributed by atoms with Crippen molar-refractivity contribution in [3.8, 4) is 5.75 Å². The van der Waals surface area contributed by atoms with Gasteiger partial charge >= 0.3 is 0 Å². The fourth-order valence-electron chi connectivity index (χ4n) is 5.33. The third kappa shape index (κ3) is 6.15. The zero-order valence-electron chi connectivity index (χ0n) is 22.3. The maximum absolute atomic E-state index is 14.0. The van der Waals surface area contributed by atoms with Crippen LogP contribution in [0.4, 0.5) is 15.8 Å². The Hall–Kier alpha value is -4.24. The Balaban J connectivity index is 1.48. The Bertz CT molecular complexity index is 1370. The van der Waals surface area contributed by atoms with Crippen LogP contribution in [0.5, 0.6) is 5.75 Å². The van der Waals surface area contributed by atoms with E-state index in [9.17, 15) is 18.8 Å². The Morgan fingerprint density at radius 3 is 2.42 bits per heavy atom. The van der Waals surface area contributed by atoms with Crippen LogP contribution in [0.1, 0.15) is 61.0 Å². The zero-order valence-corrected chi connectivity index (χ0v) is 22.3. The van der Waals surface area contributed by atoms with Gasteiger partial charge in [-0.1, -0.05) is 30.3 Å². The number of benzene rings is 3. The average Bonchev–Trinajstić information content (AvgIpc) is 3.10. The summed E-state index contributed by atoms with van der Waals surface area (Å²) in [6, 6.07) is 19.1. The van der Waals surface area contributed by atoms with Crippen LogP contribution in [-0.2, 0) is 9.59 Å². The van der Waals surface area contributed by atoms with Crippen molar-refractivity contribution in [1.82, 2.24) is 5.32 Å². The highest BCUT2D eigenvalue weighted by molar-refractivity contribution is 6.07. The molecule has 1 aliphatic carbocycles. The minimum Gasteiger partial charge on any atom is -0.481 e. The molecule has 2 aliphatic rings. The highest BCUT2D eigenvalue weighted by atomic mass is 19.1. The van der Waals surface area contributed by atoms with Gasteiger partial charge in [0.25, 0.3) is 11.8 Å². The number of rotatable bonds is 6. The minimum atomic E-state index is -0.896. The van der Waals surface area contributed by atoms with Crippen LogP contribution in [0.15, 0.2) is 72.8 Å². The number of para-hydroxylation sites is 1. The Morgan fingerprint density at radius 1 is 1.02 bits per heavy atom. The monoisotopic (exact) mass is 544 g/mol. The van der Waals surface area contributed by atoms with Crippen molar-refractivity contribution < 1.29 is 23.5 Å². The third-order valence-electron chi connectivity index (χ3n) is 7.49. The van der Waals surface area contributed by atoms with Gasteiger partial charge in [0.1, 0.15) is 11.6 Å². The number of ether oxygens (including phenoxy) is 1. The summed E-state index contributed by atoms with van der Waals surface area (Å²) in [5.74, 6) is -0.860. The molecule has 3 aromatic rings. The van der Waals surface area contributed by atoms with Crippen molar-refractivity contribution in [1.29, 1.82) is 0 Å². The Kier molecular flexibility index (Phi) is 8.11. The van der Waals surface area contributed by atoms with E-state index in [0.29, 0.717) is 28.3 Å². The van der Waals surface area contributed by atoms with E-state index < -0.39 is 18.0 Å². The highest BCUT2D eigenvalue weighted by Gasteiger charge is 2.36. The van der Waals surface area contributed by atoms with Crippen molar-refractivity contribution >= 4 is 29.1 Å². The molecule has 0 spiro atoms. The molecule has 8 nitrogen and oxygen atoms in total. The summed E-state index contributed by atoms with van der Waals surface area (Å²) in [5, 5.41) is 5.93. The van der Waals surface area contributed by atoms with Crippen molar-refractivity contribution in [2.45, 2.75) is 63.3 Å². The predicted octanol–water partition coefficient (Wildman–Crippen LogP) is 4.71. The third-order valence-corrected chi connectivity index (χ3v) is 7.49. The summed E-state index contributed by atoms with van der Waals surface area (Å²) in [7, 11) is 0. The molecule has 4 N–H and O–H groups in total. The van der Waals surface area contributed by atoms with Crippen LogP contribution >= 0.6 is 0 Å². The SMILES string of the molecule is CC(Oc1ccccc1)C(=O)N1c2ccc(C(=O)NC3CCC(N)CC3)cc2NC(=O)CC1c1ccc(F)cc1. The number of hydrogen-bond acceptors (Lipinski definition) is 5. The van der Waals surface area contributed by atoms with Gasteiger partial charge in [-0.3, -0.25) is 19.3 Å². The smallest absolute Gasteiger partial charge is 0.268 e. The largest absolute Gasteiger partial charge is 0.481 e. The van der Waals surface area contributed by atoms with E-state index in [1.165, 1.54) is 17.0 Å². The molecule has 9 heteroatoms. The molecule has 1 fully saturated rings. The van der Waals surface area contributed by atoms with E-state index in [2.05, 4.69) is 10.6 Å². The van der Waals surface area contributed by atoms with E-state index in [0.717, 1.165) is 25.7 Å². The molecule has 3 amide bonds. The molecule has 3 aromatic carbocycles. The number of fused-ring (bicyclic) bond motifs is 1. The predicted molar refractivity (Wildman–Crippen MR) is 151 cm³/mol. The number of anilines is 2. The summed E-state index contributed by atoms with van der Waals surface area (Å²) in [6.07, 6.45) is 2.39. The van der Waals surface area contributed by atoms with Gasteiger partial charge in [-0.2, -0.15) is 0 Å². The lowest BCUT2D eigenvalue weighted by Crippen LogP contribution is -2.43. The van der Waals surface area contributed by atoms with E-state index in [4.69, 9.17) is 10.5 Å². The van der Waals surface area contributed by atoms with Crippen LogP contribution in [0.3, 0.4) is 0 Å². The number of amides is 3. The standard InChI is InChI=1S/C31H33FN4O4/c1-19(40-25-5-3-2-4-6-25)31(39)36-27-16-9-21(30(38)34-24-14-12-23(33)13-15-24)17-26(27)35-29(37)18-28(36)20-7-10-22(32)11-8-20/h2-11,16-17,19,23-24,28H,12-15,18,33H2,1H3,(H,34,38)(H,35,37). The molecule has 0 aromatic heterocycles. The van der Waals surface area contributed by atoms with Crippen molar-refractivity contribution in [3.63, 3.8) is 0 Å². The number of halogens is 1. The first kappa shape index (κ1) is 27.3. The van der Waals surface area contributed by atoms with E-state index in [-0.39, 0.29) is 36.2 Å². The molecule has 0 radical (unpaired) electrons. The Morgan fingerprint density at radius 2 is 1.73 bits per heavy atom. The fourth-order valence-corrected chi connectivity index (χ4v) is 5.33. The fraction of sp³-hybridized carbons (Fsp3) is 0.323. The van der Waals surface area contributed by atoms with Gasteiger partial charge in [-0.05, 0) is 80.6 Å². The lowest BCUT2D eigenvalue weighted by molar-refractivity contribution is -0.125. The first-order chi connectivity index (χ1) is 19.3. The van der Waals surface area contributed by atoms with E-state index in [1.54, 1.807) is 49.4 Å². The number of carbonyl (C=O) groups excluding carboxylic acids is 3. The maximum atomic E-state index is 14.0. The quantitative estimate of drug-likeness (QED) is 0.416. The second-order valence-electron chi connectivity index (χ2n) is 10.4. The summed E-state index contributed by atoms with van der Waals surface area (Å²) in [4.78, 5) is 41.7. The number of nitrogens with zero attached hydrogens (tertiary/aromatic N) is 1. The topological polar surface area (TPSA) is 114 Å². The second kappa shape index (κ2) is 11.9. The van der Waals surface area contributed by atoms with Gasteiger partial charge in [-0.15, -0.1) is 0 Å². The van der Waals surface area contributed by atoms with Crippen molar-refractivity contribution in [3.05, 3.63) is 89.7 Å². The molecule has 2 unspecified atom stereocenters. The average molecular weight is 545 g/mol. The number of nitrogens with one attached hydrogen (secondary N) is 2. The lowest BCUT2D eigenvalue weighted by atomic mass is 9.91. The Labute approximate surface area is 232 Å². The molecule has 1 saturated carbocycles. The molecule has 1 aliphatic heterocycles. The van der Waals surface area contributed by atoms with Crippen LogP contribution < -0.4 is 26.0 Å². The van der Waals surface area contributed by atoms with Crippen LogP contribution in [-0.4, -0.2) is 35.9 Å². The van der Waals surface area contributed by atoms with Crippen molar-refractivity contribution in [2.24, 2.45) is 5.73 Å². The van der Waals surface area contributed by atoms with Crippen LogP contribution in [0.2, 0.25) is 0 Å². The molecular weight excluding hydrogens is 511 g/mol. The van der Waals surface area contributed by atoms with Gasteiger partial charge in [0.2, 0.25) is 5.91 Å².